The molecular formula is C16H23NO2S. The van der Waals surface area contributed by atoms with Crippen LogP contribution in [0.25, 0.3) is 0 Å². The second-order valence-corrected chi connectivity index (χ2v) is 7.62. The average Bonchev–Trinajstić information content (AvgIpc) is 3.02. The molecule has 0 aliphatic heterocycles. The number of carbonyl (C=O) groups is 1. The van der Waals surface area contributed by atoms with Crippen molar-refractivity contribution in [1.82, 2.24) is 5.32 Å². The number of aliphatic hydroxyl groups is 1. The topological polar surface area (TPSA) is 49.3 Å². The lowest BCUT2D eigenvalue weighted by Gasteiger charge is -2.38. The fourth-order valence-electron chi connectivity index (χ4n) is 3.38. The molecule has 0 bridgehead atoms. The zero-order valence-electron chi connectivity index (χ0n) is 12.1. The number of amides is 1. The van der Waals surface area contributed by atoms with Gasteiger partial charge in [0.25, 0.3) is 5.91 Å². The predicted molar refractivity (Wildman–Crippen MR) is 81.3 cm³/mol. The molecule has 0 unspecified atom stereocenters. The Kier molecular flexibility index (Phi) is 3.87. The maximum absolute atomic E-state index is 12.5. The first-order valence-electron chi connectivity index (χ1n) is 7.67. The summed E-state index contributed by atoms with van der Waals surface area (Å²) in [5, 5.41) is 12.9. The van der Waals surface area contributed by atoms with Crippen LogP contribution in [0.1, 0.15) is 59.1 Å². The van der Waals surface area contributed by atoms with Crippen LogP contribution < -0.4 is 5.32 Å². The summed E-state index contributed by atoms with van der Waals surface area (Å²) in [7, 11) is 0. The van der Waals surface area contributed by atoms with E-state index < -0.39 is 5.54 Å². The van der Waals surface area contributed by atoms with Crippen molar-refractivity contribution in [3.63, 3.8) is 0 Å². The van der Waals surface area contributed by atoms with Gasteiger partial charge in [0.2, 0.25) is 0 Å². The Morgan fingerprint density at radius 2 is 2.20 bits per heavy atom. The Hall–Kier alpha value is -0.870. The fraction of sp³-hybridized carbons (Fsp3) is 0.688. The summed E-state index contributed by atoms with van der Waals surface area (Å²) in [6, 6.07) is 2.05. The van der Waals surface area contributed by atoms with Crippen molar-refractivity contribution in [3.05, 3.63) is 21.4 Å². The maximum atomic E-state index is 12.5. The molecule has 3 nitrogen and oxygen atoms in total. The first-order valence-corrected chi connectivity index (χ1v) is 8.48. The van der Waals surface area contributed by atoms with E-state index in [2.05, 4.69) is 18.3 Å². The van der Waals surface area contributed by atoms with Crippen molar-refractivity contribution in [3.8, 4) is 0 Å². The largest absolute Gasteiger partial charge is 0.394 e. The third kappa shape index (κ3) is 2.63. The summed E-state index contributed by atoms with van der Waals surface area (Å²) in [6.07, 6.45) is 7.41. The van der Waals surface area contributed by atoms with E-state index in [4.69, 9.17) is 0 Å². The van der Waals surface area contributed by atoms with Gasteiger partial charge in [-0.1, -0.05) is 6.92 Å². The van der Waals surface area contributed by atoms with Crippen LogP contribution in [-0.2, 0) is 12.8 Å². The second kappa shape index (κ2) is 5.49. The van der Waals surface area contributed by atoms with Crippen molar-refractivity contribution >= 4 is 17.2 Å². The quantitative estimate of drug-likeness (QED) is 0.900. The highest BCUT2D eigenvalue weighted by molar-refractivity contribution is 7.14. The lowest BCUT2D eigenvalue weighted by Crippen LogP contribution is -2.53. The Morgan fingerprint density at radius 1 is 1.45 bits per heavy atom. The lowest BCUT2D eigenvalue weighted by atomic mass is 9.77. The molecule has 2 aliphatic carbocycles. The third-order valence-corrected chi connectivity index (χ3v) is 6.12. The smallest absolute Gasteiger partial charge is 0.261 e. The normalized spacial score (nSPS) is 29.2. The summed E-state index contributed by atoms with van der Waals surface area (Å²) in [4.78, 5) is 14.7. The van der Waals surface area contributed by atoms with E-state index in [0.29, 0.717) is 5.92 Å². The standard InChI is InChI=1S/C16H23NO2S/c1-11-5-7-16(10-18,8-6-11)17-15(19)14-9-12-3-2-4-13(12)20-14/h9,11,18H,2-8,10H2,1H3,(H,17,19). The molecule has 1 heterocycles. The fourth-order valence-corrected chi connectivity index (χ4v) is 4.53. The Labute approximate surface area is 124 Å². The number of fused-ring (bicyclic) bond motifs is 1. The molecule has 1 aromatic heterocycles. The van der Waals surface area contributed by atoms with Gasteiger partial charge in [-0.2, -0.15) is 0 Å². The summed E-state index contributed by atoms with van der Waals surface area (Å²) in [5.41, 5.74) is 0.966. The van der Waals surface area contributed by atoms with Crippen molar-refractivity contribution < 1.29 is 9.90 Å². The van der Waals surface area contributed by atoms with Gasteiger partial charge in [-0.25, -0.2) is 0 Å². The second-order valence-electron chi connectivity index (χ2n) is 6.49. The van der Waals surface area contributed by atoms with E-state index in [0.717, 1.165) is 43.4 Å². The van der Waals surface area contributed by atoms with Gasteiger partial charge in [0.1, 0.15) is 0 Å². The first-order chi connectivity index (χ1) is 9.62. The van der Waals surface area contributed by atoms with Crippen LogP contribution >= 0.6 is 11.3 Å². The Balaban J connectivity index is 1.70. The van der Waals surface area contributed by atoms with Gasteiger partial charge in [0.15, 0.2) is 0 Å². The molecule has 110 valence electrons. The van der Waals surface area contributed by atoms with Crippen molar-refractivity contribution in [1.29, 1.82) is 0 Å². The zero-order chi connectivity index (χ0) is 14.2. The number of hydrogen-bond acceptors (Lipinski definition) is 3. The molecule has 1 amide bonds. The predicted octanol–water partition coefficient (Wildman–Crippen LogP) is 2.91. The molecule has 0 radical (unpaired) electrons. The molecule has 2 aliphatic rings. The van der Waals surface area contributed by atoms with Crippen molar-refractivity contribution in [2.24, 2.45) is 5.92 Å². The summed E-state index contributed by atoms with van der Waals surface area (Å²) >= 11 is 1.63. The number of aliphatic hydroxyl groups excluding tert-OH is 1. The molecule has 20 heavy (non-hydrogen) atoms. The number of hydrogen-bond donors (Lipinski definition) is 2. The summed E-state index contributed by atoms with van der Waals surface area (Å²) in [6.45, 7) is 2.30. The molecule has 1 aromatic rings. The van der Waals surface area contributed by atoms with Crippen LogP contribution in [0.4, 0.5) is 0 Å². The maximum Gasteiger partial charge on any atom is 0.261 e. The van der Waals surface area contributed by atoms with E-state index in [1.54, 1.807) is 11.3 Å². The molecule has 4 heteroatoms. The SMILES string of the molecule is CC1CCC(CO)(NC(=O)c2cc3c(s2)CCC3)CC1. The number of rotatable bonds is 3. The Morgan fingerprint density at radius 3 is 2.85 bits per heavy atom. The van der Waals surface area contributed by atoms with E-state index >= 15 is 0 Å². The molecule has 0 spiro atoms. The van der Waals surface area contributed by atoms with Gasteiger partial charge in [-0.05, 0) is 62.5 Å². The molecule has 1 fully saturated rings. The van der Waals surface area contributed by atoms with Crippen LogP contribution in [0.2, 0.25) is 0 Å². The minimum atomic E-state index is -0.391. The van der Waals surface area contributed by atoms with Crippen molar-refractivity contribution in [2.75, 3.05) is 6.61 Å². The van der Waals surface area contributed by atoms with Gasteiger partial charge in [-0.3, -0.25) is 4.79 Å². The van der Waals surface area contributed by atoms with Gasteiger partial charge >= 0.3 is 0 Å². The monoisotopic (exact) mass is 293 g/mol. The minimum Gasteiger partial charge on any atom is -0.394 e. The number of nitrogens with one attached hydrogen (secondary N) is 1. The number of thiophene rings is 1. The van der Waals surface area contributed by atoms with E-state index in [-0.39, 0.29) is 12.5 Å². The van der Waals surface area contributed by atoms with E-state index in [1.807, 2.05) is 0 Å². The molecule has 0 aromatic carbocycles. The highest BCUT2D eigenvalue weighted by atomic mass is 32.1. The average molecular weight is 293 g/mol. The molecule has 1 saturated carbocycles. The van der Waals surface area contributed by atoms with Gasteiger partial charge in [-0.15, -0.1) is 11.3 Å². The lowest BCUT2D eigenvalue weighted by molar-refractivity contribution is 0.0720. The number of carbonyl (C=O) groups excluding carboxylic acids is 1. The molecule has 3 rings (SSSR count). The van der Waals surface area contributed by atoms with Crippen LogP contribution in [0.3, 0.4) is 0 Å². The molecule has 0 atom stereocenters. The zero-order valence-corrected chi connectivity index (χ0v) is 12.9. The van der Waals surface area contributed by atoms with Gasteiger partial charge in [0.05, 0.1) is 17.0 Å². The minimum absolute atomic E-state index is 0.00741. The van der Waals surface area contributed by atoms with E-state index in [9.17, 15) is 9.90 Å². The number of aryl methyl sites for hydroxylation is 2. The third-order valence-electron chi connectivity index (χ3n) is 4.88. The molecule has 2 N–H and O–H groups in total. The molecule has 0 saturated heterocycles. The summed E-state index contributed by atoms with van der Waals surface area (Å²) in [5.74, 6) is 0.713. The molecular weight excluding hydrogens is 270 g/mol. The summed E-state index contributed by atoms with van der Waals surface area (Å²) < 4.78 is 0. The van der Waals surface area contributed by atoms with Gasteiger partial charge < -0.3 is 10.4 Å². The van der Waals surface area contributed by atoms with E-state index in [1.165, 1.54) is 16.9 Å². The van der Waals surface area contributed by atoms with Crippen LogP contribution in [0.5, 0.6) is 0 Å². The van der Waals surface area contributed by atoms with Gasteiger partial charge in [0, 0.05) is 4.88 Å². The van der Waals surface area contributed by atoms with Crippen LogP contribution in [0.15, 0.2) is 6.07 Å². The van der Waals surface area contributed by atoms with Crippen LogP contribution in [0, 0.1) is 5.92 Å². The highest BCUT2D eigenvalue weighted by Gasteiger charge is 2.35. The van der Waals surface area contributed by atoms with Crippen LogP contribution in [-0.4, -0.2) is 23.2 Å². The van der Waals surface area contributed by atoms with Crippen molar-refractivity contribution in [2.45, 2.75) is 57.4 Å². The Bertz CT molecular complexity index is 479. The highest BCUT2D eigenvalue weighted by Crippen LogP contribution is 2.34. The first kappa shape index (κ1) is 14.1.